The van der Waals surface area contributed by atoms with E-state index in [2.05, 4.69) is 24.9 Å². The van der Waals surface area contributed by atoms with E-state index in [4.69, 9.17) is 9.84 Å². The summed E-state index contributed by atoms with van der Waals surface area (Å²) in [5.74, 6) is 1.79. The molecule has 0 atom stereocenters. The highest BCUT2D eigenvalue weighted by atomic mass is 16.5. The van der Waals surface area contributed by atoms with Crippen LogP contribution in [-0.4, -0.2) is 10.1 Å². The minimum atomic E-state index is 0.00168. The van der Waals surface area contributed by atoms with Crippen molar-refractivity contribution >= 4 is 0 Å². The van der Waals surface area contributed by atoms with Gasteiger partial charge in [-0.15, -0.1) is 0 Å². The van der Waals surface area contributed by atoms with Gasteiger partial charge in [0.05, 0.1) is 6.61 Å². The standard InChI is InChI=1S/C16H19NO2/c1-11(2)14-6-4-5-7-15(14)19-16-9-8-13(10-18)12(3)17-16/h4-9,11,18H,10H2,1-3H3. The number of aryl methyl sites for hydroxylation is 1. The molecule has 0 aliphatic heterocycles. The SMILES string of the molecule is Cc1nc(Oc2ccccc2C(C)C)ccc1CO. The van der Waals surface area contributed by atoms with Crippen molar-refractivity contribution in [1.82, 2.24) is 4.98 Å². The van der Waals surface area contributed by atoms with Crippen LogP contribution in [0.4, 0.5) is 0 Å². The molecule has 3 heteroatoms. The largest absolute Gasteiger partial charge is 0.439 e. The highest BCUT2D eigenvalue weighted by molar-refractivity contribution is 5.38. The summed E-state index contributed by atoms with van der Waals surface area (Å²) in [7, 11) is 0. The Labute approximate surface area is 113 Å². The van der Waals surface area contributed by atoms with E-state index in [1.807, 2.05) is 31.2 Å². The molecule has 1 aromatic carbocycles. The fourth-order valence-corrected chi connectivity index (χ4v) is 1.95. The van der Waals surface area contributed by atoms with Crippen molar-refractivity contribution in [2.24, 2.45) is 0 Å². The van der Waals surface area contributed by atoms with Crippen LogP contribution in [0, 0.1) is 6.92 Å². The third-order valence-electron chi connectivity index (χ3n) is 3.10. The topological polar surface area (TPSA) is 42.4 Å². The van der Waals surface area contributed by atoms with Crippen molar-refractivity contribution in [2.75, 3.05) is 0 Å². The van der Waals surface area contributed by atoms with Crippen LogP contribution in [0.1, 0.15) is 36.6 Å². The molecule has 0 radical (unpaired) electrons. The number of ether oxygens (including phenoxy) is 1. The Bertz CT molecular complexity index is 564. The van der Waals surface area contributed by atoms with Gasteiger partial charge in [0, 0.05) is 11.8 Å². The van der Waals surface area contributed by atoms with Crippen molar-refractivity contribution in [2.45, 2.75) is 33.3 Å². The fourth-order valence-electron chi connectivity index (χ4n) is 1.95. The van der Waals surface area contributed by atoms with E-state index in [0.29, 0.717) is 11.8 Å². The molecular formula is C16H19NO2. The van der Waals surface area contributed by atoms with Crippen LogP contribution < -0.4 is 4.74 Å². The number of nitrogens with zero attached hydrogens (tertiary/aromatic N) is 1. The maximum Gasteiger partial charge on any atom is 0.219 e. The van der Waals surface area contributed by atoms with Gasteiger partial charge in [-0.2, -0.15) is 0 Å². The number of pyridine rings is 1. The first-order chi connectivity index (χ1) is 9.11. The molecule has 0 unspecified atom stereocenters. The van der Waals surface area contributed by atoms with Crippen LogP contribution in [0.3, 0.4) is 0 Å². The van der Waals surface area contributed by atoms with Gasteiger partial charge >= 0.3 is 0 Å². The second-order valence-electron chi connectivity index (χ2n) is 4.85. The summed E-state index contributed by atoms with van der Waals surface area (Å²) in [5, 5.41) is 9.14. The average Bonchev–Trinajstić information content (AvgIpc) is 2.39. The summed E-state index contributed by atoms with van der Waals surface area (Å²) in [6, 6.07) is 11.6. The van der Waals surface area contributed by atoms with E-state index >= 15 is 0 Å². The highest BCUT2D eigenvalue weighted by Crippen LogP contribution is 2.29. The van der Waals surface area contributed by atoms with Gasteiger partial charge in [0.15, 0.2) is 0 Å². The predicted octanol–water partition coefficient (Wildman–Crippen LogP) is 3.80. The molecule has 2 aromatic rings. The smallest absolute Gasteiger partial charge is 0.219 e. The van der Waals surface area contributed by atoms with Gasteiger partial charge in [0.25, 0.3) is 0 Å². The van der Waals surface area contributed by atoms with Crippen LogP contribution in [0.25, 0.3) is 0 Å². The summed E-state index contributed by atoms with van der Waals surface area (Å²) in [6.45, 7) is 6.14. The molecule has 0 bridgehead atoms. The molecule has 3 nitrogen and oxygen atoms in total. The molecule has 0 aliphatic rings. The normalized spacial score (nSPS) is 10.8. The van der Waals surface area contributed by atoms with Crippen LogP contribution >= 0.6 is 0 Å². The van der Waals surface area contributed by atoms with Gasteiger partial charge in [0.1, 0.15) is 5.75 Å². The summed E-state index contributed by atoms with van der Waals surface area (Å²) < 4.78 is 5.86. The minimum absolute atomic E-state index is 0.00168. The van der Waals surface area contributed by atoms with Crippen LogP contribution in [0.2, 0.25) is 0 Å². The zero-order valence-corrected chi connectivity index (χ0v) is 11.6. The first-order valence-electron chi connectivity index (χ1n) is 6.46. The van der Waals surface area contributed by atoms with Crippen LogP contribution in [-0.2, 0) is 6.61 Å². The lowest BCUT2D eigenvalue weighted by Gasteiger charge is -2.13. The molecule has 1 heterocycles. The Hall–Kier alpha value is -1.87. The van der Waals surface area contributed by atoms with Crippen molar-refractivity contribution in [3.05, 3.63) is 53.2 Å². The van der Waals surface area contributed by atoms with E-state index in [1.54, 1.807) is 6.07 Å². The maximum atomic E-state index is 9.14. The zero-order chi connectivity index (χ0) is 13.8. The number of aromatic nitrogens is 1. The molecule has 0 fully saturated rings. The quantitative estimate of drug-likeness (QED) is 0.906. The summed E-state index contributed by atoms with van der Waals surface area (Å²) in [4.78, 5) is 4.36. The van der Waals surface area contributed by atoms with Gasteiger partial charge in [-0.1, -0.05) is 32.0 Å². The van der Waals surface area contributed by atoms with Crippen molar-refractivity contribution < 1.29 is 9.84 Å². The Morgan fingerprint density at radius 1 is 1.16 bits per heavy atom. The monoisotopic (exact) mass is 257 g/mol. The maximum absolute atomic E-state index is 9.14. The number of benzene rings is 1. The lowest BCUT2D eigenvalue weighted by atomic mass is 10.0. The van der Waals surface area contributed by atoms with Gasteiger partial charge in [0.2, 0.25) is 5.88 Å². The van der Waals surface area contributed by atoms with E-state index in [0.717, 1.165) is 22.6 Å². The zero-order valence-electron chi connectivity index (χ0n) is 11.6. The second kappa shape index (κ2) is 5.85. The Morgan fingerprint density at radius 3 is 2.53 bits per heavy atom. The van der Waals surface area contributed by atoms with Gasteiger partial charge in [-0.25, -0.2) is 4.98 Å². The number of hydrogen-bond acceptors (Lipinski definition) is 3. The van der Waals surface area contributed by atoms with Crippen LogP contribution in [0.15, 0.2) is 36.4 Å². The summed E-state index contributed by atoms with van der Waals surface area (Å²) in [6.07, 6.45) is 0. The number of para-hydroxylation sites is 1. The van der Waals surface area contributed by atoms with E-state index in [9.17, 15) is 0 Å². The predicted molar refractivity (Wildman–Crippen MR) is 75.5 cm³/mol. The third-order valence-corrected chi connectivity index (χ3v) is 3.10. The molecule has 19 heavy (non-hydrogen) atoms. The summed E-state index contributed by atoms with van der Waals surface area (Å²) >= 11 is 0. The fraction of sp³-hybridized carbons (Fsp3) is 0.312. The Balaban J connectivity index is 2.29. The number of aliphatic hydroxyl groups is 1. The van der Waals surface area contributed by atoms with Gasteiger partial charge < -0.3 is 9.84 Å². The average molecular weight is 257 g/mol. The molecule has 0 aliphatic carbocycles. The van der Waals surface area contributed by atoms with E-state index in [-0.39, 0.29) is 6.61 Å². The third kappa shape index (κ3) is 3.12. The molecule has 0 spiro atoms. The Kier molecular flexibility index (Phi) is 4.17. The second-order valence-corrected chi connectivity index (χ2v) is 4.85. The van der Waals surface area contributed by atoms with Crippen LogP contribution in [0.5, 0.6) is 11.6 Å². The van der Waals surface area contributed by atoms with Crippen molar-refractivity contribution in [3.8, 4) is 11.6 Å². The van der Waals surface area contributed by atoms with E-state index < -0.39 is 0 Å². The molecule has 0 amide bonds. The molecule has 2 rings (SSSR count). The molecular weight excluding hydrogens is 238 g/mol. The summed E-state index contributed by atoms with van der Waals surface area (Å²) in [5.41, 5.74) is 2.78. The van der Waals surface area contributed by atoms with Gasteiger partial charge in [-0.3, -0.25) is 0 Å². The lowest BCUT2D eigenvalue weighted by Crippen LogP contribution is -1.98. The first kappa shape index (κ1) is 13.6. The van der Waals surface area contributed by atoms with E-state index in [1.165, 1.54) is 0 Å². The van der Waals surface area contributed by atoms with Crippen molar-refractivity contribution in [1.29, 1.82) is 0 Å². The van der Waals surface area contributed by atoms with Gasteiger partial charge in [-0.05, 0) is 36.1 Å². The van der Waals surface area contributed by atoms with Crippen molar-refractivity contribution in [3.63, 3.8) is 0 Å². The molecule has 0 saturated heterocycles. The number of rotatable bonds is 4. The lowest BCUT2D eigenvalue weighted by molar-refractivity contribution is 0.280. The molecule has 1 N–H and O–H groups in total. The first-order valence-corrected chi connectivity index (χ1v) is 6.46. The minimum Gasteiger partial charge on any atom is -0.439 e. The molecule has 0 saturated carbocycles. The molecule has 1 aromatic heterocycles. The molecule has 100 valence electrons. The number of hydrogen-bond donors (Lipinski definition) is 1. The Morgan fingerprint density at radius 2 is 1.89 bits per heavy atom. The number of aliphatic hydroxyl groups excluding tert-OH is 1. The highest BCUT2D eigenvalue weighted by Gasteiger charge is 2.09.